The van der Waals surface area contributed by atoms with Gasteiger partial charge in [0.05, 0.1) is 14.0 Å². The number of carbonyl (C=O) groups is 1. The zero-order valence-electron chi connectivity index (χ0n) is 6.73. The van der Waals surface area contributed by atoms with Gasteiger partial charge in [-0.2, -0.15) is 0 Å². The number of aryl methyl sites for hydroxylation is 1. The van der Waals surface area contributed by atoms with Crippen LogP contribution in [-0.4, -0.2) is 11.2 Å². The maximum atomic E-state index is 11.4. The van der Waals surface area contributed by atoms with E-state index in [9.17, 15) is 4.79 Å². The van der Waals surface area contributed by atoms with Crippen LogP contribution in [0.25, 0.3) is 0 Å². The van der Waals surface area contributed by atoms with Crippen LogP contribution in [0.5, 0.6) is 0 Å². The summed E-state index contributed by atoms with van der Waals surface area (Å²) in [5.74, 6) is -0.00420. The number of Topliss-reactive ketones (excluding diaryl/α,β-unsaturated/α-hetero) is 1. The molecule has 0 aliphatic rings. The van der Waals surface area contributed by atoms with Gasteiger partial charge in [-0.1, -0.05) is 0 Å². The van der Waals surface area contributed by atoms with E-state index < -0.39 is 5.38 Å². The molecule has 0 aliphatic carbocycles. The van der Waals surface area contributed by atoms with Gasteiger partial charge in [0.25, 0.3) is 0 Å². The molecule has 0 aliphatic heterocycles. The molecule has 1 atom stereocenters. The van der Waals surface area contributed by atoms with Crippen molar-refractivity contribution < 1.29 is 4.79 Å². The Morgan fingerprint density at radius 1 is 1.75 bits per heavy atom. The lowest BCUT2D eigenvalue weighted by atomic mass is 10.2. The van der Waals surface area contributed by atoms with E-state index in [1.807, 2.05) is 13.0 Å². The molecule has 0 radical (unpaired) electrons. The summed E-state index contributed by atoms with van der Waals surface area (Å²) >= 11 is 10.5. The maximum absolute atomic E-state index is 11.4. The Kier molecular flexibility index (Phi) is 3.32. The normalized spacial score (nSPS) is 13.0. The number of hydrogen-bond acceptors (Lipinski definition) is 2. The predicted octanol–water partition coefficient (Wildman–Crippen LogP) is 3.63. The monoisotopic (exact) mass is 266 g/mol. The van der Waals surface area contributed by atoms with Crippen LogP contribution >= 0.6 is 38.9 Å². The third-order valence-corrected chi connectivity index (χ3v) is 3.81. The molecule has 0 spiro atoms. The average Bonchev–Trinajstić information content (AvgIpc) is 2.30. The van der Waals surface area contributed by atoms with Crippen molar-refractivity contribution in [2.24, 2.45) is 0 Å². The lowest BCUT2D eigenvalue weighted by Crippen LogP contribution is -2.07. The van der Waals surface area contributed by atoms with Crippen LogP contribution in [-0.2, 0) is 0 Å². The van der Waals surface area contributed by atoms with Gasteiger partial charge in [0.15, 0.2) is 5.78 Å². The molecule has 0 amide bonds. The maximum Gasteiger partial charge on any atom is 0.190 e. The molecule has 1 aromatic heterocycles. The van der Waals surface area contributed by atoms with E-state index in [0.29, 0.717) is 0 Å². The summed E-state index contributed by atoms with van der Waals surface area (Å²) in [6, 6.07) is 1.86. The molecule has 4 heteroatoms. The van der Waals surface area contributed by atoms with Crippen molar-refractivity contribution in [2.45, 2.75) is 19.2 Å². The van der Waals surface area contributed by atoms with E-state index in [1.54, 1.807) is 6.92 Å². The van der Waals surface area contributed by atoms with Crippen LogP contribution in [0.3, 0.4) is 0 Å². The van der Waals surface area contributed by atoms with Gasteiger partial charge in [0.1, 0.15) is 0 Å². The SMILES string of the molecule is Cc1cc(C(=O)C(C)Cl)sc1Br. The van der Waals surface area contributed by atoms with Gasteiger partial charge in [-0.25, -0.2) is 0 Å². The van der Waals surface area contributed by atoms with Gasteiger partial charge in [0.2, 0.25) is 0 Å². The minimum atomic E-state index is -0.435. The topological polar surface area (TPSA) is 17.1 Å². The van der Waals surface area contributed by atoms with Crippen molar-refractivity contribution in [1.29, 1.82) is 0 Å². The molecule has 1 rings (SSSR count). The first-order valence-corrected chi connectivity index (χ1v) is 5.51. The summed E-state index contributed by atoms with van der Waals surface area (Å²) in [5.41, 5.74) is 1.08. The second-order valence-corrected chi connectivity index (χ2v) is 5.57. The van der Waals surface area contributed by atoms with Gasteiger partial charge < -0.3 is 0 Å². The molecule has 1 heterocycles. The molecular formula is C8H8BrClOS. The Balaban J connectivity index is 2.97. The zero-order valence-corrected chi connectivity index (χ0v) is 9.89. The molecule has 0 aromatic carbocycles. The zero-order chi connectivity index (χ0) is 9.30. The largest absolute Gasteiger partial charge is 0.292 e. The summed E-state index contributed by atoms with van der Waals surface area (Å²) < 4.78 is 1.00. The van der Waals surface area contributed by atoms with Crippen LogP contribution in [0, 0.1) is 6.92 Å². The average molecular weight is 268 g/mol. The highest BCUT2D eigenvalue weighted by Gasteiger charge is 2.15. The standard InChI is InChI=1S/C8H8BrClOS/c1-4-3-6(12-8(4)9)7(11)5(2)10/h3,5H,1-2H3. The van der Waals surface area contributed by atoms with Crippen LogP contribution in [0.2, 0.25) is 0 Å². The second-order valence-electron chi connectivity index (χ2n) is 2.55. The van der Waals surface area contributed by atoms with Crippen LogP contribution < -0.4 is 0 Å². The summed E-state index contributed by atoms with van der Waals surface area (Å²) in [6.45, 7) is 3.64. The molecule has 1 nitrogen and oxygen atoms in total. The Hall–Kier alpha value is 0.140. The number of carbonyl (C=O) groups excluding carboxylic acids is 1. The number of alkyl halides is 1. The summed E-state index contributed by atoms with van der Waals surface area (Å²) in [4.78, 5) is 12.1. The minimum absolute atomic E-state index is 0.00420. The van der Waals surface area contributed by atoms with Crippen LogP contribution in [0.15, 0.2) is 9.85 Å². The quantitative estimate of drug-likeness (QED) is 0.591. The Morgan fingerprint density at radius 2 is 2.33 bits per heavy atom. The third kappa shape index (κ3) is 2.09. The Morgan fingerprint density at radius 3 is 2.67 bits per heavy atom. The predicted molar refractivity (Wildman–Crippen MR) is 56.4 cm³/mol. The van der Waals surface area contributed by atoms with E-state index in [0.717, 1.165) is 14.2 Å². The van der Waals surface area contributed by atoms with Gasteiger partial charge in [-0.3, -0.25) is 4.79 Å². The molecular weight excluding hydrogens is 260 g/mol. The van der Waals surface area contributed by atoms with E-state index in [1.165, 1.54) is 11.3 Å². The molecule has 0 N–H and O–H groups in total. The fraction of sp³-hybridized carbons (Fsp3) is 0.375. The first kappa shape index (κ1) is 10.2. The fourth-order valence-electron chi connectivity index (χ4n) is 0.777. The van der Waals surface area contributed by atoms with E-state index in [-0.39, 0.29) is 5.78 Å². The highest BCUT2D eigenvalue weighted by atomic mass is 79.9. The second kappa shape index (κ2) is 3.90. The van der Waals surface area contributed by atoms with Gasteiger partial charge in [-0.15, -0.1) is 22.9 Å². The first-order chi connectivity index (χ1) is 5.52. The van der Waals surface area contributed by atoms with Gasteiger partial charge >= 0.3 is 0 Å². The van der Waals surface area contributed by atoms with Gasteiger partial charge in [-0.05, 0) is 41.4 Å². The number of halogens is 2. The van der Waals surface area contributed by atoms with E-state index in [4.69, 9.17) is 11.6 Å². The van der Waals surface area contributed by atoms with Crippen LogP contribution in [0.4, 0.5) is 0 Å². The molecule has 1 aromatic rings. The van der Waals surface area contributed by atoms with Crippen molar-refractivity contribution in [3.8, 4) is 0 Å². The van der Waals surface area contributed by atoms with E-state index >= 15 is 0 Å². The molecule has 0 fully saturated rings. The van der Waals surface area contributed by atoms with E-state index in [2.05, 4.69) is 15.9 Å². The Bertz CT molecular complexity index is 287. The fourth-order valence-corrected chi connectivity index (χ4v) is 2.52. The van der Waals surface area contributed by atoms with Gasteiger partial charge in [0, 0.05) is 0 Å². The summed E-state index contributed by atoms with van der Waals surface area (Å²) in [6.07, 6.45) is 0. The number of rotatable bonds is 2. The lowest BCUT2D eigenvalue weighted by Gasteiger charge is -1.96. The molecule has 12 heavy (non-hydrogen) atoms. The summed E-state index contributed by atoms with van der Waals surface area (Å²) in [7, 11) is 0. The first-order valence-electron chi connectivity index (χ1n) is 3.46. The highest BCUT2D eigenvalue weighted by molar-refractivity contribution is 9.11. The molecule has 0 saturated carbocycles. The van der Waals surface area contributed by atoms with Crippen molar-refractivity contribution in [3.05, 3.63) is 20.3 Å². The van der Waals surface area contributed by atoms with Crippen molar-refractivity contribution in [2.75, 3.05) is 0 Å². The molecule has 66 valence electrons. The van der Waals surface area contributed by atoms with Crippen molar-refractivity contribution in [1.82, 2.24) is 0 Å². The van der Waals surface area contributed by atoms with Crippen molar-refractivity contribution in [3.63, 3.8) is 0 Å². The summed E-state index contributed by atoms with van der Waals surface area (Å²) in [5, 5.41) is -0.435. The molecule has 1 unspecified atom stereocenters. The molecule has 0 bridgehead atoms. The minimum Gasteiger partial charge on any atom is -0.292 e. The Labute approximate surface area is 88.9 Å². The lowest BCUT2D eigenvalue weighted by molar-refractivity contribution is 0.0995. The highest BCUT2D eigenvalue weighted by Crippen LogP contribution is 2.28. The van der Waals surface area contributed by atoms with Crippen LogP contribution in [0.1, 0.15) is 22.2 Å². The molecule has 0 saturated heterocycles. The number of thiophene rings is 1. The van der Waals surface area contributed by atoms with Crippen molar-refractivity contribution >= 4 is 44.7 Å². The smallest absolute Gasteiger partial charge is 0.190 e. The number of ketones is 1. The third-order valence-electron chi connectivity index (χ3n) is 1.46. The number of hydrogen-bond donors (Lipinski definition) is 0.